The third kappa shape index (κ3) is 1.54. The molecule has 17 heavy (non-hydrogen) atoms. The standard InChI is InChI=1S/C10H11FN2O4/c11-5-3-10(4-6(10)14)17-8(5)13-2-1-7(15)12-9(13)16/h1-2,5-6,8,14H,3-4H2,(H,12,15,16)/t5-,6?,8-,10-/m1/s1. The number of hydrogen-bond acceptors (Lipinski definition) is 4. The van der Waals surface area contributed by atoms with Crippen molar-refractivity contribution >= 4 is 0 Å². The quantitative estimate of drug-likeness (QED) is 0.681. The number of halogens is 1. The van der Waals surface area contributed by atoms with Crippen LogP contribution in [0.15, 0.2) is 21.9 Å². The molecule has 4 atom stereocenters. The maximum Gasteiger partial charge on any atom is 0.330 e. The zero-order valence-corrected chi connectivity index (χ0v) is 8.80. The molecule has 1 aliphatic heterocycles. The molecular weight excluding hydrogens is 231 g/mol. The van der Waals surface area contributed by atoms with Crippen molar-refractivity contribution in [2.24, 2.45) is 0 Å². The Labute approximate surface area is 94.7 Å². The minimum absolute atomic E-state index is 0.0738. The first kappa shape index (κ1) is 10.7. The van der Waals surface area contributed by atoms with E-state index in [2.05, 4.69) is 0 Å². The molecule has 1 aromatic heterocycles. The van der Waals surface area contributed by atoms with Gasteiger partial charge in [-0.05, 0) is 0 Å². The summed E-state index contributed by atoms with van der Waals surface area (Å²) in [6.07, 6.45) is -1.44. The first-order valence-electron chi connectivity index (χ1n) is 5.33. The van der Waals surface area contributed by atoms with Crippen molar-refractivity contribution in [2.45, 2.75) is 36.9 Å². The van der Waals surface area contributed by atoms with Crippen molar-refractivity contribution in [2.75, 3.05) is 0 Å². The minimum atomic E-state index is -1.37. The topological polar surface area (TPSA) is 84.3 Å². The summed E-state index contributed by atoms with van der Waals surface area (Å²) in [5, 5.41) is 9.38. The van der Waals surface area contributed by atoms with Crippen molar-refractivity contribution in [3.8, 4) is 0 Å². The van der Waals surface area contributed by atoms with Gasteiger partial charge < -0.3 is 9.84 Å². The van der Waals surface area contributed by atoms with E-state index < -0.39 is 35.4 Å². The summed E-state index contributed by atoms with van der Waals surface area (Å²) >= 11 is 0. The smallest absolute Gasteiger partial charge is 0.330 e. The first-order chi connectivity index (χ1) is 8.02. The lowest BCUT2D eigenvalue weighted by molar-refractivity contribution is -0.0500. The highest BCUT2D eigenvalue weighted by molar-refractivity contribution is 5.11. The molecule has 7 heteroatoms. The molecule has 2 N–H and O–H groups in total. The Morgan fingerprint density at radius 2 is 2.24 bits per heavy atom. The fourth-order valence-corrected chi connectivity index (χ4v) is 2.27. The maximum absolute atomic E-state index is 13.8. The molecule has 0 aromatic carbocycles. The molecule has 0 bridgehead atoms. The lowest BCUT2D eigenvalue weighted by Gasteiger charge is -2.15. The van der Waals surface area contributed by atoms with Crippen molar-refractivity contribution in [3.05, 3.63) is 33.1 Å². The van der Waals surface area contributed by atoms with Gasteiger partial charge in [0, 0.05) is 25.1 Å². The molecular formula is C10H11FN2O4. The number of ether oxygens (including phenoxy) is 1. The molecule has 1 unspecified atom stereocenters. The van der Waals surface area contributed by atoms with Crippen LogP contribution in [0.5, 0.6) is 0 Å². The van der Waals surface area contributed by atoms with E-state index in [-0.39, 0.29) is 6.42 Å². The van der Waals surface area contributed by atoms with Crippen LogP contribution in [-0.4, -0.2) is 32.5 Å². The predicted octanol–water partition coefficient (Wildman–Crippen LogP) is -0.703. The lowest BCUT2D eigenvalue weighted by atomic mass is 10.2. The Balaban J connectivity index is 1.95. The molecule has 6 nitrogen and oxygen atoms in total. The number of aliphatic hydroxyl groups is 1. The molecule has 1 saturated carbocycles. The molecule has 1 saturated heterocycles. The number of aromatic nitrogens is 2. The summed E-state index contributed by atoms with van der Waals surface area (Å²) in [6.45, 7) is 0. The highest BCUT2D eigenvalue weighted by Crippen LogP contribution is 2.53. The Bertz CT molecular complexity index is 568. The van der Waals surface area contributed by atoms with Crippen LogP contribution in [0, 0.1) is 0 Å². The lowest BCUT2D eigenvalue weighted by Crippen LogP contribution is -2.34. The Kier molecular flexibility index (Phi) is 2.05. The number of H-pyrrole nitrogens is 1. The van der Waals surface area contributed by atoms with Crippen LogP contribution in [0.3, 0.4) is 0 Å². The van der Waals surface area contributed by atoms with E-state index in [9.17, 15) is 19.1 Å². The molecule has 1 aliphatic carbocycles. The average Bonchev–Trinajstić information content (AvgIpc) is 2.71. The van der Waals surface area contributed by atoms with E-state index in [0.29, 0.717) is 6.42 Å². The Hall–Kier alpha value is -1.47. The van der Waals surface area contributed by atoms with E-state index in [1.165, 1.54) is 6.20 Å². The third-order valence-electron chi connectivity index (χ3n) is 3.32. The number of aromatic amines is 1. The van der Waals surface area contributed by atoms with Crippen LogP contribution in [0.25, 0.3) is 0 Å². The zero-order chi connectivity index (χ0) is 12.2. The highest BCUT2D eigenvalue weighted by Gasteiger charge is 2.63. The zero-order valence-electron chi connectivity index (χ0n) is 8.80. The van der Waals surface area contributed by atoms with Gasteiger partial charge in [-0.2, -0.15) is 0 Å². The number of rotatable bonds is 1. The van der Waals surface area contributed by atoms with E-state index in [1.807, 2.05) is 4.98 Å². The molecule has 1 spiro atoms. The molecule has 3 rings (SSSR count). The number of alkyl halides is 1. The molecule has 2 fully saturated rings. The van der Waals surface area contributed by atoms with Crippen LogP contribution in [0.4, 0.5) is 4.39 Å². The number of nitrogens with one attached hydrogen (secondary N) is 1. The van der Waals surface area contributed by atoms with Gasteiger partial charge in [-0.25, -0.2) is 9.18 Å². The van der Waals surface area contributed by atoms with Gasteiger partial charge in [-0.15, -0.1) is 0 Å². The number of hydrogen-bond donors (Lipinski definition) is 2. The van der Waals surface area contributed by atoms with Gasteiger partial charge in [-0.3, -0.25) is 14.3 Å². The fraction of sp³-hybridized carbons (Fsp3) is 0.600. The Morgan fingerprint density at radius 3 is 2.76 bits per heavy atom. The number of aliphatic hydroxyl groups excluding tert-OH is 1. The van der Waals surface area contributed by atoms with Gasteiger partial charge >= 0.3 is 5.69 Å². The van der Waals surface area contributed by atoms with Crippen LogP contribution in [0.2, 0.25) is 0 Å². The van der Waals surface area contributed by atoms with Gasteiger partial charge in [0.1, 0.15) is 11.8 Å². The summed E-state index contributed by atoms with van der Waals surface area (Å²) in [5.74, 6) is 0. The van der Waals surface area contributed by atoms with Crippen LogP contribution >= 0.6 is 0 Å². The molecule has 0 radical (unpaired) electrons. The van der Waals surface area contributed by atoms with Crippen molar-refractivity contribution in [1.29, 1.82) is 0 Å². The minimum Gasteiger partial charge on any atom is -0.390 e. The van der Waals surface area contributed by atoms with Crippen molar-refractivity contribution in [1.82, 2.24) is 9.55 Å². The third-order valence-corrected chi connectivity index (χ3v) is 3.32. The molecule has 2 aliphatic rings. The first-order valence-corrected chi connectivity index (χ1v) is 5.33. The maximum atomic E-state index is 13.8. The van der Waals surface area contributed by atoms with Gasteiger partial charge in [0.05, 0.1) is 6.10 Å². The van der Waals surface area contributed by atoms with E-state index >= 15 is 0 Å². The van der Waals surface area contributed by atoms with Crippen molar-refractivity contribution in [3.63, 3.8) is 0 Å². The van der Waals surface area contributed by atoms with Gasteiger partial charge in [0.15, 0.2) is 6.23 Å². The van der Waals surface area contributed by atoms with E-state index in [1.54, 1.807) is 0 Å². The normalized spacial score (nSPS) is 39.8. The Morgan fingerprint density at radius 1 is 1.53 bits per heavy atom. The number of nitrogens with zero attached hydrogens (tertiary/aromatic N) is 1. The molecule has 2 heterocycles. The van der Waals surface area contributed by atoms with E-state index in [0.717, 1.165) is 10.6 Å². The van der Waals surface area contributed by atoms with Crippen LogP contribution in [0.1, 0.15) is 19.1 Å². The predicted molar refractivity (Wildman–Crippen MR) is 54.3 cm³/mol. The van der Waals surface area contributed by atoms with E-state index in [4.69, 9.17) is 4.74 Å². The van der Waals surface area contributed by atoms with Gasteiger partial charge in [0.2, 0.25) is 0 Å². The fourth-order valence-electron chi connectivity index (χ4n) is 2.27. The second-order valence-electron chi connectivity index (χ2n) is 4.53. The summed E-state index contributed by atoms with van der Waals surface area (Å²) < 4.78 is 20.2. The highest BCUT2D eigenvalue weighted by atomic mass is 19.1. The second-order valence-corrected chi connectivity index (χ2v) is 4.53. The largest absolute Gasteiger partial charge is 0.390 e. The van der Waals surface area contributed by atoms with Crippen LogP contribution in [-0.2, 0) is 4.74 Å². The van der Waals surface area contributed by atoms with Crippen molar-refractivity contribution < 1.29 is 14.2 Å². The summed E-state index contributed by atoms with van der Waals surface area (Å²) in [5.41, 5.74) is -2.09. The molecule has 92 valence electrons. The van der Waals surface area contributed by atoms with Crippen LogP contribution < -0.4 is 11.2 Å². The monoisotopic (exact) mass is 242 g/mol. The molecule has 1 aromatic rings. The second kappa shape index (κ2) is 3.27. The SMILES string of the molecule is O=c1ccn([C@@H]2O[C@@]3(CC3O)C[C@H]2F)c(=O)[nH]1. The van der Waals surface area contributed by atoms with Gasteiger partial charge in [0.25, 0.3) is 5.56 Å². The summed E-state index contributed by atoms with van der Waals surface area (Å²) in [4.78, 5) is 24.4. The summed E-state index contributed by atoms with van der Waals surface area (Å²) in [6, 6.07) is 1.13. The van der Waals surface area contributed by atoms with Gasteiger partial charge in [-0.1, -0.05) is 0 Å². The molecule has 0 amide bonds. The average molecular weight is 242 g/mol. The summed E-state index contributed by atoms with van der Waals surface area (Å²) in [7, 11) is 0.